The van der Waals surface area contributed by atoms with Gasteiger partial charge >= 0.3 is 0 Å². The number of Topliss-reactive ketones (excluding diaryl/α,β-unsaturated/α-hetero) is 1. The van der Waals surface area contributed by atoms with Crippen LogP contribution < -0.4 is 4.74 Å². The summed E-state index contributed by atoms with van der Waals surface area (Å²) < 4.78 is 19.4. The van der Waals surface area contributed by atoms with Gasteiger partial charge in [0, 0.05) is 17.8 Å². The van der Waals surface area contributed by atoms with Crippen molar-refractivity contribution in [2.24, 2.45) is 11.3 Å². The van der Waals surface area contributed by atoms with Crippen LogP contribution in [0.15, 0.2) is 42.5 Å². The minimum absolute atomic E-state index is 0.0580. The van der Waals surface area contributed by atoms with Gasteiger partial charge in [-0.3, -0.25) is 4.79 Å². The lowest BCUT2D eigenvalue weighted by molar-refractivity contribution is -0.129. The third-order valence-electron chi connectivity index (χ3n) is 4.06. The summed E-state index contributed by atoms with van der Waals surface area (Å²) in [7, 11) is 1.60. The molecule has 2 rings (SSSR count). The van der Waals surface area contributed by atoms with Gasteiger partial charge in [0.25, 0.3) is 0 Å². The largest absolute Gasteiger partial charge is 0.497 e. The lowest BCUT2D eigenvalue weighted by Crippen LogP contribution is -2.30. The third-order valence-corrected chi connectivity index (χ3v) is 4.35. The molecule has 1 atom stereocenters. The summed E-state index contributed by atoms with van der Waals surface area (Å²) in [6.45, 7) is 5.62. The molecule has 0 amide bonds. The molecule has 0 aliphatic carbocycles. The van der Waals surface area contributed by atoms with E-state index in [1.165, 1.54) is 6.07 Å². The van der Waals surface area contributed by atoms with Crippen LogP contribution in [0.3, 0.4) is 0 Å². The number of carbonyl (C=O) groups excluding carboxylic acids is 1. The van der Waals surface area contributed by atoms with Crippen LogP contribution >= 0.6 is 11.6 Å². The first-order valence-electron chi connectivity index (χ1n) is 8.18. The van der Waals surface area contributed by atoms with E-state index in [2.05, 4.69) is 0 Å². The second-order valence-electron chi connectivity index (χ2n) is 7.08. The Hall–Kier alpha value is -1.87. The highest BCUT2D eigenvalue weighted by atomic mass is 35.5. The van der Waals surface area contributed by atoms with Crippen LogP contribution in [0.5, 0.6) is 5.75 Å². The van der Waals surface area contributed by atoms with E-state index >= 15 is 0 Å². The fourth-order valence-corrected chi connectivity index (χ4v) is 2.87. The molecule has 2 aromatic carbocycles. The van der Waals surface area contributed by atoms with Crippen molar-refractivity contribution >= 4 is 17.4 Å². The maximum absolute atomic E-state index is 14.3. The first-order valence-corrected chi connectivity index (χ1v) is 8.56. The van der Waals surface area contributed by atoms with Gasteiger partial charge in [0.1, 0.15) is 17.3 Å². The zero-order chi connectivity index (χ0) is 18.6. The van der Waals surface area contributed by atoms with Crippen LogP contribution in [0.2, 0.25) is 5.02 Å². The predicted molar refractivity (Wildman–Crippen MR) is 99.5 cm³/mol. The van der Waals surface area contributed by atoms with Gasteiger partial charge in [0.2, 0.25) is 0 Å². The quantitative estimate of drug-likeness (QED) is 0.677. The van der Waals surface area contributed by atoms with Crippen molar-refractivity contribution in [3.63, 3.8) is 0 Å². The van der Waals surface area contributed by atoms with Crippen LogP contribution in [0.4, 0.5) is 4.39 Å². The Morgan fingerprint density at radius 3 is 2.40 bits per heavy atom. The van der Waals surface area contributed by atoms with E-state index in [0.29, 0.717) is 5.56 Å². The molecule has 0 bridgehead atoms. The SMILES string of the molecule is COc1ccc([CH]C(Cc2cccc(Cl)c2F)C(=O)C(C)(C)C)cc1. The van der Waals surface area contributed by atoms with Crippen LogP contribution in [-0.2, 0) is 11.2 Å². The molecule has 0 aliphatic rings. The molecule has 2 nitrogen and oxygen atoms in total. The normalized spacial score (nSPS) is 12.7. The Labute approximate surface area is 154 Å². The highest BCUT2D eigenvalue weighted by molar-refractivity contribution is 6.30. The molecule has 1 unspecified atom stereocenters. The molecule has 4 heteroatoms. The monoisotopic (exact) mass is 361 g/mol. The summed E-state index contributed by atoms with van der Waals surface area (Å²) in [6, 6.07) is 12.3. The average Bonchev–Trinajstić information content (AvgIpc) is 2.57. The van der Waals surface area contributed by atoms with Crippen molar-refractivity contribution in [2.75, 3.05) is 7.11 Å². The van der Waals surface area contributed by atoms with Gasteiger partial charge in [-0.1, -0.05) is 56.6 Å². The van der Waals surface area contributed by atoms with Gasteiger partial charge in [-0.05, 0) is 35.7 Å². The molecular formula is C21H23ClFO2. The minimum atomic E-state index is -0.525. The number of methoxy groups -OCH3 is 1. The molecule has 0 saturated heterocycles. The highest BCUT2D eigenvalue weighted by Crippen LogP contribution is 2.29. The smallest absolute Gasteiger partial charge is 0.144 e. The fraction of sp³-hybridized carbons (Fsp3) is 0.333. The molecule has 1 radical (unpaired) electrons. The molecule has 0 spiro atoms. The lowest BCUT2D eigenvalue weighted by Gasteiger charge is -2.25. The number of rotatable bonds is 6. The number of hydrogen-bond acceptors (Lipinski definition) is 2. The van der Waals surface area contributed by atoms with E-state index in [9.17, 15) is 9.18 Å². The lowest BCUT2D eigenvalue weighted by atomic mass is 9.78. The van der Waals surface area contributed by atoms with Crippen LogP contribution in [0, 0.1) is 23.6 Å². The molecule has 133 valence electrons. The van der Waals surface area contributed by atoms with E-state index in [-0.39, 0.29) is 17.2 Å². The molecule has 0 saturated carbocycles. The van der Waals surface area contributed by atoms with Crippen molar-refractivity contribution in [3.05, 3.63) is 70.9 Å². The Bertz CT molecular complexity index is 733. The minimum Gasteiger partial charge on any atom is -0.497 e. The van der Waals surface area contributed by atoms with Crippen molar-refractivity contribution in [1.29, 1.82) is 0 Å². The van der Waals surface area contributed by atoms with Gasteiger partial charge in [0.05, 0.1) is 12.1 Å². The van der Waals surface area contributed by atoms with Crippen LogP contribution in [0.1, 0.15) is 31.9 Å². The van der Waals surface area contributed by atoms with Gasteiger partial charge in [0.15, 0.2) is 0 Å². The van der Waals surface area contributed by atoms with E-state index < -0.39 is 17.2 Å². The molecule has 0 fully saturated rings. The Morgan fingerprint density at radius 1 is 1.20 bits per heavy atom. The Balaban J connectivity index is 2.29. The van der Waals surface area contributed by atoms with Crippen molar-refractivity contribution in [3.8, 4) is 5.75 Å². The first-order chi connectivity index (χ1) is 11.7. The average molecular weight is 362 g/mol. The van der Waals surface area contributed by atoms with E-state index in [0.717, 1.165) is 11.3 Å². The van der Waals surface area contributed by atoms with Crippen LogP contribution in [-0.4, -0.2) is 12.9 Å². The maximum Gasteiger partial charge on any atom is 0.144 e. The van der Waals surface area contributed by atoms with E-state index in [1.807, 2.05) is 51.5 Å². The third kappa shape index (κ3) is 5.05. The van der Waals surface area contributed by atoms with E-state index in [4.69, 9.17) is 16.3 Å². The van der Waals surface area contributed by atoms with Gasteiger partial charge in [-0.15, -0.1) is 0 Å². The van der Waals surface area contributed by atoms with Gasteiger partial charge in [-0.2, -0.15) is 0 Å². The molecule has 25 heavy (non-hydrogen) atoms. The summed E-state index contributed by atoms with van der Waals surface area (Å²) >= 11 is 5.88. The number of benzene rings is 2. The van der Waals surface area contributed by atoms with Crippen molar-refractivity contribution < 1.29 is 13.9 Å². The molecule has 0 aromatic heterocycles. The number of halogens is 2. The molecule has 0 aliphatic heterocycles. The molecule has 2 aromatic rings. The zero-order valence-electron chi connectivity index (χ0n) is 15.0. The summed E-state index contributed by atoms with van der Waals surface area (Å²) in [5, 5.41) is 0.0731. The van der Waals surface area contributed by atoms with Crippen LogP contribution in [0.25, 0.3) is 0 Å². The topological polar surface area (TPSA) is 26.3 Å². The summed E-state index contributed by atoms with van der Waals surface area (Å²) in [6.07, 6.45) is 2.15. The summed E-state index contributed by atoms with van der Waals surface area (Å²) in [5.41, 5.74) is 0.813. The Kier molecular flexibility index (Phi) is 6.23. The number of ketones is 1. The second kappa shape index (κ2) is 8.01. The molecule has 0 N–H and O–H groups in total. The molecule has 0 heterocycles. The summed E-state index contributed by atoms with van der Waals surface area (Å²) in [4.78, 5) is 12.9. The number of ether oxygens (including phenoxy) is 1. The van der Waals surface area contributed by atoms with Crippen molar-refractivity contribution in [2.45, 2.75) is 27.2 Å². The van der Waals surface area contributed by atoms with E-state index in [1.54, 1.807) is 19.2 Å². The Morgan fingerprint density at radius 2 is 1.84 bits per heavy atom. The number of carbonyl (C=O) groups is 1. The fourth-order valence-electron chi connectivity index (χ4n) is 2.67. The summed E-state index contributed by atoms with van der Waals surface area (Å²) in [5.74, 6) is -0.0974. The number of hydrogen-bond donors (Lipinski definition) is 0. The predicted octanol–water partition coefficient (Wildman–Crippen LogP) is 5.51. The van der Waals surface area contributed by atoms with Gasteiger partial charge < -0.3 is 4.74 Å². The standard InChI is InChI=1S/C21H23ClFO2/c1-21(2,3)20(24)16(12-14-8-10-17(25-4)11-9-14)13-15-6-5-7-18(22)19(15)23/h5-12,16H,13H2,1-4H3. The second-order valence-corrected chi connectivity index (χ2v) is 7.48. The zero-order valence-corrected chi connectivity index (χ0v) is 15.7. The molecular weight excluding hydrogens is 339 g/mol. The first kappa shape index (κ1) is 19.5. The van der Waals surface area contributed by atoms with Gasteiger partial charge in [-0.25, -0.2) is 4.39 Å². The van der Waals surface area contributed by atoms with Crippen molar-refractivity contribution in [1.82, 2.24) is 0 Å². The highest BCUT2D eigenvalue weighted by Gasteiger charge is 2.30. The maximum atomic E-state index is 14.3.